The standard InChI is InChI=1S/C13H19ClN2O/c1-9-7-12(13(17-2)8-11(9)14)16-10-3-5-15-6-4-10/h7-8,10,15-16H,3-6H2,1-2H3. The Morgan fingerprint density at radius 3 is 2.71 bits per heavy atom. The van der Waals surface area contributed by atoms with Crippen LogP contribution in [0.15, 0.2) is 12.1 Å². The van der Waals surface area contributed by atoms with Gasteiger partial charge in [-0.25, -0.2) is 0 Å². The molecule has 0 amide bonds. The molecular formula is C13H19ClN2O. The zero-order valence-corrected chi connectivity index (χ0v) is 11.1. The summed E-state index contributed by atoms with van der Waals surface area (Å²) in [5.41, 5.74) is 2.12. The van der Waals surface area contributed by atoms with Crippen molar-refractivity contribution in [3.8, 4) is 5.75 Å². The molecule has 3 nitrogen and oxygen atoms in total. The third-order valence-electron chi connectivity index (χ3n) is 3.18. The lowest BCUT2D eigenvalue weighted by atomic mass is 10.1. The molecule has 1 saturated heterocycles. The monoisotopic (exact) mass is 254 g/mol. The SMILES string of the molecule is COc1cc(Cl)c(C)cc1NC1CCNCC1. The number of methoxy groups -OCH3 is 1. The fraction of sp³-hybridized carbons (Fsp3) is 0.538. The minimum absolute atomic E-state index is 0.519. The van der Waals surface area contributed by atoms with E-state index in [0.29, 0.717) is 6.04 Å². The van der Waals surface area contributed by atoms with Gasteiger partial charge in [-0.2, -0.15) is 0 Å². The van der Waals surface area contributed by atoms with Crippen molar-refractivity contribution in [2.24, 2.45) is 0 Å². The third kappa shape index (κ3) is 3.05. The Morgan fingerprint density at radius 1 is 1.35 bits per heavy atom. The van der Waals surface area contributed by atoms with E-state index in [4.69, 9.17) is 16.3 Å². The molecule has 1 aromatic rings. The fourth-order valence-corrected chi connectivity index (χ4v) is 2.28. The summed E-state index contributed by atoms with van der Waals surface area (Å²) in [5.74, 6) is 0.819. The molecule has 0 unspecified atom stereocenters. The summed E-state index contributed by atoms with van der Waals surface area (Å²) in [5, 5.41) is 7.65. The highest BCUT2D eigenvalue weighted by molar-refractivity contribution is 6.31. The lowest BCUT2D eigenvalue weighted by molar-refractivity contribution is 0.414. The van der Waals surface area contributed by atoms with Gasteiger partial charge in [-0.1, -0.05) is 11.6 Å². The van der Waals surface area contributed by atoms with Gasteiger partial charge in [-0.05, 0) is 44.5 Å². The number of hydrogen-bond donors (Lipinski definition) is 2. The number of hydrogen-bond acceptors (Lipinski definition) is 3. The second kappa shape index (κ2) is 5.61. The van der Waals surface area contributed by atoms with Gasteiger partial charge in [-0.15, -0.1) is 0 Å². The van der Waals surface area contributed by atoms with Crippen LogP contribution in [0.3, 0.4) is 0 Å². The van der Waals surface area contributed by atoms with Crippen molar-refractivity contribution < 1.29 is 4.74 Å². The molecule has 0 spiro atoms. The van der Waals surface area contributed by atoms with Crippen molar-refractivity contribution in [2.75, 3.05) is 25.5 Å². The van der Waals surface area contributed by atoms with Gasteiger partial charge in [-0.3, -0.25) is 0 Å². The third-order valence-corrected chi connectivity index (χ3v) is 3.59. The van der Waals surface area contributed by atoms with Gasteiger partial charge in [0.2, 0.25) is 0 Å². The van der Waals surface area contributed by atoms with Crippen LogP contribution in [0.2, 0.25) is 5.02 Å². The number of anilines is 1. The highest BCUT2D eigenvalue weighted by Gasteiger charge is 2.15. The van der Waals surface area contributed by atoms with Gasteiger partial charge in [0.25, 0.3) is 0 Å². The number of halogens is 1. The summed E-state index contributed by atoms with van der Waals surface area (Å²) >= 11 is 6.09. The molecule has 2 rings (SSSR count). The molecule has 0 atom stereocenters. The van der Waals surface area contributed by atoms with Crippen LogP contribution in [0.4, 0.5) is 5.69 Å². The first kappa shape index (κ1) is 12.5. The van der Waals surface area contributed by atoms with Crippen molar-refractivity contribution in [3.05, 3.63) is 22.7 Å². The van der Waals surface area contributed by atoms with E-state index in [2.05, 4.69) is 16.7 Å². The minimum Gasteiger partial charge on any atom is -0.495 e. The van der Waals surface area contributed by atoms with Crippen LogP contribution in [0.5, 0.6) is 5.75 Å². The maximum absolute atomic E-state index is 6.09. The van der Waals surface area contributed by atoms with Crippen LogP contribution < -0.4 is 15.4 Å². The molecule has 0 saturated carbocycles. The summed E-state index contributed by atoms with van der Waals surface area (Å²) in [6, 6.07) is 4.45. The molecule has 4 heteroatoms. The molecule has 1 aromatic carbocycles. The van der Waals surface area contributed by atoms with E-state index in [0.717, 1.165) is 48.0 Å². The predicted octanol–water partition coefficient (Wildman–Crippen LogP) is 2.82. The predicted molar refractivity (Wildman–Crippen MR) is 72.3 cm³/mol. The first-order valence-electron chi connectivity index (χ1n) is 6.02. The molecule has 0 aliphatic carbocycles. The first-order chi connectivity index (χ1) is 8.20. The first-order valence-corrected chi connectivity index (χ1v) is 6.40. The van der Waals surface area contributed by atoms with Crippen molar-refractivity contribution >= 4 is 17.3 Å². The zero-order chi connectivity index (χ0) is 12.3. The Labute approximate surface area is 107 Å². The van der Waals surface area contributed by atoms with Gasteiger partial charge in [0, 0.05) is 17.1 Å². The van der Waals surface area contributed by atoms with Crippen LogP contribution in [0.1, 0.15) is 18.4 Å². The molecule has 0 aromatic heterocycles. The Morgan fingerprint density at radius 2 is 2.06 bits per heavy atom. The van der Waals surface area contributed by atoms with Crippen molar-refractivity contribution in [2.45, 2.75) is 25.8 Å². The van der Waals surface area contributed by atoms with E-state index in [1.54, 1.807) is 7.11 Å². The fourth-order valence-electron chi connectivity index (χ4n) is 2.13. The second-order valence-corrected chi connectivity index (χ2v) is 4.88. The van der Waals surface area contributed by atoms with E-state index >= 15 is 0 Å². The van der Waals surface area contributed by atoms with Gasteiger partial charge < -0.3 is 15.4 Å². The van der Waals surface area contributed by atoms with E-state index in [1.165, 1.54) is 0 Å². The second-order valence-electron chi connectivity index (χ2n) is 4.47. The normalized spacial score (nSPS) is 16.9. The van der Waals surface area contributed by atoms with Gasteiger partial charge in [0.05, 0.1) is 12.8 Å². The lowest BCUT2D eigenvalue weighted by Crippen LogP contribution is -2.35. The summed E-state index contributed by atoms with van der Waals surface area (Å²) in [6.07, 6.45) is 2.29. The summed E-state index contributed by atoms with van der Waals surface area (Å²) in [7, 11) is 1.68. The number of ether oxygens (including phenoxy) is 1. The molecule has 1 fully saturated rings. The molecule has 1 heterocycles. The average Bonchev–Trinajstić information content (AvgIpc) is 2.35. The van der Waals surface area contributed by atoms with Gasteiger partial charge in [0.1, 0.15) is 5.75 Å². The van der Waals surface area contributed by atoms with E-state index in [9.17, 15) is 0 Å². The number of rotatable bonds is 3. The van der Waals surface area contributed by atoms with Crippen LogP contribution in [-0.4, -0.2) is 26.2 Å². The molecule has 17 heavy (non-hydrogen) atoms. The van der Waals surface area contributed by atoms with Gasteiger partial charge >= 0.3 is 0 Å². The lowest BCUT2D eigenvalue weighted by Gasteiger charge is -2.25. The molecule has 1 aliphatic rings. The molecule has 0 radical (unpaired) electrons. The molecule has 94 valence electrons. The maximum Gasteiger partial charge on any atom is 0.143 e. The van der Waals surface area contributed by atoms with Gasteiger partial charge in [0.15, 0.2) is 0 Å². The van der Waals surface area contributed by atoms with Crippen LogP contribution in [-0.2, 0) is 0 Å². The Bertz CT molecular complexity index is 389. The largest absolute Gasteiger partial charge is 0.495 e. The Kier molecular flexibility index (Phi) is 4.13. The van der Waals surface area contributed by atoms with E-state index < -0.39 is 0 Å². The molecule has 0 bridgehead atoms. The topological polar surface area (TPSA) is 33.3 Å². The minimum atomic E-state index is 0.519. The number of benzene rings is 1. The molecular weight excluding hydrogens is 236 g/mol. The summed E-state index contributed by atoms with van der Waals surface area (Å²) in [6.45, 7) is 4.16. The molecule has 2 N–H and O–H groups in total. The highest BCUT2D eigenvalue weighted by Crippen LogP contribution is 2.32. The number of nitrogens with one attached hydrogen (secondary N) is 2. The summed E-state index contributed by atoms with van der Waals surface area (Å²) < 4.78 is 5.36. The Balaban J connectivity index is 2.15. The summed E-state index contributed by atoms with van der Waals surface area (Å²) in [4.78, 5) is 0. The van der Waals surface area contributed by atoms with Crippen molar-refractivity contribution in [1.82, 2.24) is 5.32 Å². The highest BCUT2D eigenvalue weighted by atomic mass is 35.5. The van der Waals surface area contributed by atoms with Crippen LogP contribution >= 0.6 is 11.6 Å². The quantitative estimate of drug-likeness (QED) is 0.870. The van der Waals surface area contributed by atoms with Crippen molar-refractivity contribution in [1.29, 1.82) is 0 Å². The molecule has 1 aliphatic heterocycles. The zero-order valence-electron chi connectivity index (χ0n) is 10.3. The van der Waals surface area contributed by atoms with E-state index in [-0.39, 0.29) is 0 Å². The van der Waals surface area contributed by atoms with E-state index in [1.807, 2.05) is 13.0 Å². The van der Waals surface area contributed by atoms with Crippen LogP contribution in [0.25, 0.3) is 0 Å². The number of aryl methyl sites for hydroxylation is 1. The van der Waals surface area contributed by atoms with Crippen molar-refractivity contribution in [3.63, 3.8) is 0 Å². The average molecular weight is 255 g/mol. The number of piperidine rings is 1. The smallest absolute Gasteiger partial charge is 0.143 e. The van der Waals surface area contributed by atoms with Crippen LogP contribution in [0, 0.1) is 6.92 Å². The Hall–Kier alpha value is -0.930. The maximum atomic E-state index is 6.09.